The Labute approximate surface area is 157 Å². The number of halogens is 1. The first-order valence-corrected chi connectivity index (χ1v) is 8.27. The molecule has 0 saturated heterocycles. The maximum Gasteiger partial charge on any atom is 0.311 e. The smallest absolute Gasteiger partial charge is 0.311 e. The molecule has 0 aromatic heterocycles. The minimum absolute atomic E-state index is 0.00907. The van der Waals surface area contributed by atoms with Crippen LogP contribution in [0.15, 0.2) is 42.5 Å². The van der Waals surface area contributed by atoms with Crippen molar-refractivity contribution in [3.8, 4) is 11.5 Å². The molecule has 0 aliphatic rings. The Balaban J connectivity index is 1.93. The van der Waals surface area contributed by atoms with E-state index in [2.05, 4.69) is 5.32 Å². The number of rotatable bonds is 7. The second-order valence-corrected chi connectivity index (χ2v) is 5.93. The molecule has 0 aliphatic carbocycles. The van der Waals surface area contributed by atoms with E-state index in [9.17, 15) is 9.59 Å². The summed E-state index contributed by atoms with van der Waals surface area (Å²) in [6.07, 6.45) is -0.934. The van der Waals surface area contributed by atoms with Gasteiger partial charge in [-0.25, -0.2) is 0 Å². The van der Waals surface area contributed by atoms with Gasteiger partial charge in [-0.2, -0.15) is 0 Å². The van der Waals surface area contributed by atoms with Crippen molar-refractivity contribution in [2.75, 3.05) is 19.5 Å². The molecule has 0 heterocycles. The highest BCUT2D eigenvalue weighted by molar-refractivity contribution is 6.30. The molecular formula is C19H20ClNO5. The van der Waals surface area contributed by atoms with Gasteiger partial charge in [0.2, 0.25) is 0 Å². The number of amides is 1. The number of benzene rings is 2. The molecule has 0 fully saturated rings. The number of hydrogen-bond donors (Lipinski definition) is 1. The molecule has 0 radical (unpaired) electrons. The van der Waals surface area contributed by atoms with Crippen LogP contribution in [0.3, 0.4) is 0 Å². The summed E-state index contributed by atoms with van der Waals surface area (Å²) in [5, 5.41) is 3.15. The molecule has 1 atom stereocenters. The first-order valence-electron chi connectivity index (χ1n) is 7.89. The predicted molar refractivity (Wildman–Crippen MR) is 98.9 cm³/mol. The van der Waals surface area contributed by atoms with Gasteiger partial charge in [0.25, 0.3) is 5.91 Å². The van der Waals surface area contributed by atoms with Crippen LogP contribution >= 0.6 is 11.6 Å². The molecule has 0 spiro atoms. The zero-order chi connectivity index (χ0) is 19.1. The average molecular weight is 378 g/mol. The van der Waals surface area contributed by atoms with Crippen LogP contribution in [-0.4, -0.2) is 32.2 Å². The highest BCUT2D eigenvalue weighted by atomic mass is 35.5. The number of nitrogens with one attached hydrogen (secondary N) is 1. The first kappa shape index (κ1) is 19.6. The third-order valence-corrected chi connectivity index (χ3v) is 3.80. The second kappa shape index (κ2) is 9.10. The largest absolute Gasteiger partial charge is 0.493 e. The fourth-order valence-corrected chi connectivity index (χ4v) is 2.45. The molecule has 138 valence electrons. The Morgan fingerprint density at radius 3 is 2.46 bits per heavy atom. The Hall–Kier alpha value is -2.73. The minimum atomic E-state index is -0.943. The van der Waals surface area contributed by atoms with Gasteiger partial charge in [-0.05, 0) is 42.8 Å². The van der Waals surface area contributed by atoms with Crippen molar-refractivity contribution < 1.29 is 23.8 Å². The first-order chi connectivity index (χ1) is 12.4. The lowest BCUT2D eigenvalue weighted by atomic mass is 10.1. The number of carbonyl (C=O) groups excluding carboxylic acids is 2. The standard InChI is InChI=1S/C19H20ClNO5/c1-12(19(23)21-15-6-4-5-14(20)11-15)26-18(22)10-13-7-8-16(24-2)17(9-13)25-3/h4-9,11-12H,10H2,1-3H3,(H,21,23)/t12-/m0/s1. The van der Waals surface area contributed by atoms with E-state index in [1.807, 2.05) is 0 Å². The lowest BCUT2D eigenvalue weighted by Crippen LogP contribution is -2.30. The van der Waals surface area contributed by atoms with Gasteiger partial charge in [-0.1, -0.05) is 23.7 Å². The van der Waals surface area contributed by atoms with Gasteiger partial charge in [0.1, 0.15) is 0 Å². The van der Waals surface area contributed by atoms with E-state index in [-0.39, 0.29) is 6.42 Å². The topological polar surface area (TPSA) is 73.9 Å². The molecule has 1 amide bonds. The monoisotopic (exact) mass is 377 g/mol. The van der Waals surface area contributed by atoms with Crippen molar-refractivity contribution in [1.29, 1.82) is 0 Å². The third-order valence-electron chi connectivity index (χ3n) is 3.57. The van der Waals surface area contributed by atoms with Crippen LogP contribution in [0, 0.1) is 0 Å². The van der Waals surface area contributed by atoms with Gasteiger partial charge in [0.15, 0.2) is 17.6 Å². The molecule has 1 N–H and O–H groups in total. The number of carbonyl (C=O) groups is 2. The van der Waals surface area contributed by atoms with Gasteiger partial charge < -0.3 is 19.5 Å². The molecular weight excluding hydrogens is 358 g/mol. The van der Waals surface area contributed by atoms with Crippen LogP contribution in [0.4, 0.5) is 5.69 Å². The molecule has 0 saturated carbocycles. The summed E-state index contributed by atoms with van der Waals surface area (Å²) in [6, 6.07) is 11.8. The Morgan fingerprint density at radius 2 is 1.81 bits per heavy atom. The van der Waals surface area contributed by atoms with E-state index < -0.39 is 18.0 Å². The quantitative estimate of drug-likeness (QED) is 0.748. The van der Waals surface area contributed by atoms with Crippen LogP contribution in [0.2, 0.25) is 5.02 Å². The summed E-state index contributed by atoms with van der Waals surface area (Å²) in [5.41, 5.74) is 1.22. The van der Waals surface area contributed by atoms with Gasteiger partial charge in [-0.15, -0.1) is 0 Å². The third kappa shape index (κ3) is 5.39. The molecule has 26 heavy (non-hydrogen) atoms. The number of ether oxygens (including phenoxy) is 3. The van der Waals surface area contributed by atoms with Gasteiger partial charge in [-0.3, -0.25) is 9.59 Å². The fourth-order valence-electron chi connectivity index (χ4n) is 2.26. The number of anilines is 1. The Morgan fingerprint density at radius 1 is 1.08 bits per heavy atom. The molecule has 0 aliphatic heterocycles. The summed E-state index contributed by atoms with van der Waals surface area (Å²) < 4.78 is 15.5. The molecule has 7 heteroatoms. The summed E-state index contributed by atoms with van der Waals surface area (Å²) >= 11 is 5.87. The van der Waals surface area contributed by atoms with Crippen LogP contribution in [0.5, 0.6) is 11.5 Å². The van der Waals surface area contributed by atoms with Crippen molar-refractivity contribution >= 4 is 29.2 Å². The highest BCUT2D eigenvalue weighted by Gasteiger charge is 2.18. The summed E-state index contributed by atoms with van der Waals surface area (Å²) in [4.78, 5) is 24.2. The van der Waals surface area contributed by atoms with E-state index >= 15 is 0 Å². The lowest BCUT2D eigenvalue weighted by Gasteiger charge is -2.14. The van der Waals surface area contributed by atoms with Crippen molar-refractivity contribution in [1.82, 2.24) is 0 Å². The van der Waals surface area contributed by atoms with Crippen molar-refractivity contribution in [3.05, 3.63) is 53.1 Å². The van der Waals surface area contributed by atoms with Crippen molar-refractivity contribution in [3.63, 3.8) is 0 Å². The summed E-state index contributed by atoms with van der Waals surface area (Å²) in [7, 11) is 3.05. The second-order valence-electron chi connectivity index (χ2n) is 5.50. The van der Waals surface area contributed by atoms with Gasteiger partial charge in [0.05, 0.1) is 20.6 Å². The van der Waals surface area contributed by atoms with Crippen LogP contribution in [-0.2, 0) is 20.7 Å². The highest BCUT2D eigenvalue weighted by Crippen LogP contribution is 2.27. The van der Waals surface area contributed by atoms with E-state index in [4.69, 9.17) is 25.8 Å². The van der Waals surface area contributed by atoms with E-state index in [1.165, 1.54) is 21.1 Å². The van der Waals surface area contributed by atoms with Crippen LogP contribution < -0.4 is 14.8 Å². The molecule has 6 nitrogen and oxygen atoms in total. The van der Waals surface area contributed by atoms with Crippen molar-refractivity contribution in [2.24, 2.45) is 0 Å². The Bertz CT molecular complexity index is 793. The molecule has 2 aromatic rings. The summed E-state index contributed by atoms with van der Waals surface area (Å²) in [6.45, 7) is 1.51. The van der Waals surface area contributed by atoms with Crippen LogP contribution in [0.1, 0.15) is 12.5 Å². The molecule has 2 rings (SSSR count). The zero-order valence-corrected chi connectivity index (χ0v) is 15.5. The Kier molecular flexibility index (Phi) is 6.86. The zero-order valence-electron chi connectivity index (χ0n) is 14.7. The predicted octanol–water partition coefficient (Wildman–Crippen LogP) is 3.47. The SMILES string of the molecule is COc1ccc(CC(=O)O[C@@H](C)C(=O)Nc2cccc(Cl)c2)cc1OC. The maximum atomic E-state index is 12.1. The number of hydrogen-bond acceptors (Lipinski definition) is 5. The molecule has 0 unspecified atom stereocenters. The lowest BCUT2D eigenvalue weighted by molar-refractivity contribution is -0.152. The fraction of sp³-hybridized carbons (Fsp3) is 0.263. The summed E-state index contributed by atoms with van der Waals surface area (Å²) in [5.74, 6) is 0.127. The van der Waals surface area contributed by atoms with Crippen molar-refractivity contribution in [2.45, 2.75) is 19.4 Å². The number of methoxy groups -OCH3 is 2. The normalized spacial score (nSPS) is 11.4. The van der Waals surface area contributed by atoms with E-state index in [0.717, 1.165) is 0 Å². The minimum Gasteiger partial charge on any atom is -0.493 e. The number of esters is 1. The average Bonchev–Trinajstić information content (AvgIpc) is 2.61. The van der Waals surface area contributed by atoms with Gasteiger partial charge >= 0.3 is 5.97 Å². The van der Waals surface area contributed by atoms with Crippen LogP contribution in [0.25, 0.3) is 0 Å². The molecule has 0 bridgehead atoms. The molecule has 2 aromatic carbocycles. The van der Waals surface area contributed by atoms with Gasteiger partial charge in [0, 0.05) is 10.7 Å². The maximum absolute atomic E-state index is 12.1. The van der Waals surface area contributed by atoms with E-state index in [0.29, 0.717) is 27.8 Å². The van der Waals surface area contributed by atoms with E-state index in [1.54, 1.807) is 42.5 Å².